The lowest BCUT2D eigenvalue weighted by Crippen LogP contribution is -2.24. The molecule has 0 radical (unpaired) electrons. The number of nitrogen functional groups attached to an aromatic ring is 1. The second-order valence-corrected chi connectivity index (χ2v) is 6.80. The number of fused-ring (bicyclic) bond motifs is 1. The summed E-state index contributed by atoms with van der Waals surface area (Å²) in [4.78, 5) is 13.7. The molecule has 8 nitrogen and oxygen atoms in total. The van der Waals surface area contributed by atoms with Crippen LogP contribution >= 0.6 is 0 Å². The smallest absolute Gasteiger partial charge is 0.227 e. The summed E-state index contributed by atoms with van der Waals surface area (Å²) in [5, 5.41) is 16.0. The highest BCUT2D eigenvalue weighted by Crippen LogP contribution is 2.24. The Balaban J connectivity index is 1.97. The standard InChI is InChI=1S/C19H27N7O/c1-4-14(10-27)23-19-24-17(21-9-13-7-5-6-8-15(13)20)16-18(25-19)26(11-22-16)12(2)3/h5-8,11-12,14,27H,4,9-10,20H2,1-3H3,(H2,21,23,24,25)/t14-/m1/s1. The Hall–Kier alpha value is -2.87. The quantitative estimate of drug-likeness (QED) is 0.451. The van der Waals surface area contributed by atoms with Crippen LogP contribution in [0.1, 0.15) is 38.8 Å². The van der Waals surface area contributed by atoms with Crippen LogP contribution in [0.5, 0.6) is 0 Å². The summed E-state index contributed by atoms with van der Waals surface area (Å²) in [5.41, 5.74) is 9.22. The summed E-state index contributed by atoms with van der Waals surface area (Å²) < 4.78 is 2.00. The molecular formula is C19H27N7O. The van der Waals surface area contributed by atoms with Crippen molar-refractivity contribution in [2.24, 2.45) is 0 Å². The number of imidazole rings is 1. The van der Waals surface area contributed by atoms with Crippen molar-refractivity contribution in [3.05, 3.63) is 36.2 Å². The predicted molar refractivity (Wildman–Crippen MR) is 109 cm³/mol. The maximum atomic E-state index is 9.49. The minimum Gasteiger partial charge on any atom is -0.398 e. The van der Waals surface area contributed by atoms with Crippen LogP contribution in [0.4, 0.5) is 17.5 Å². The maximum absolute atomic E-state index is 9.49. The van der Waals surface area contributed by atoms with Crippen LogP contribution in [-0.2, 0) is 6.54 Å². The Labute approximate surface area is 158 Å². The number of nitrogens with zero attached hydrogens (tertiary/aromatic N) is 4. The molecule has 8 heteroatoms. The fourth-order valence-electron chi connectivity index (χ4n) is 2.82. The molecule has 0 fully saturated rings. The molecule has 0 amide bonds. The average molecular weight is 369 g/mol. The molecular weight excluding hydrogens is 342 g/mol. The van der Waals surface area contributed by atoms with Crippen molar-refractivity contribution in [3.63, 3.8) is 0 Å². The first-order valence-electron chi connectivity index (χ1n) is 9.22. The number of hydrogen-bond donors (Lipinski definition) is 4. The maximum Gasteiger partial charge on any atom is 0.227 e. The third-order valence-electron chi connectivity index (χ3n) is 4.53. The first-order chi connectivity index (χ1) is 13.0. The fourth-order valence-corrected chi connectivity index (χ4v) is 2.82. The first kappa shape index (κ1) is 18.9. The Kier molecular flexibility index (Phi) is 5.75. The average Bonchev–Trinajstić information content (AvgIpc) is 3.09. The normalized spacial score (nSPS) is 12.5. The van der Waals surface area contributed by atoms with E-state index in [-0.39, 0.29) is 18.7 Å². The van der Waals surface area contributed by atoms with Gasteiger partial charge < -0.3 is 26.0 Å². The highest BCUT2D eigenvalue weighted by Gasteiger charge is 2.16. The number of hydrogen-bond acceptors (Lipinski definition) is 7. The van der Waals surface area contributed by atoms with Gasteiger partial charge in [0.1, 0.15) is 0 Å². The number of nitrogens with two attached hydrogens (primary N) is 1. The van der Waals surface area contributed by atoms with E-state index >= 15 is 0 Å². The lowest BCUT2D eigenvalue weighted by molar-refractivity contribution is 0.271. The van der Waals surface area contributed by atoms with Crippen LogP contribution in [0.15, 0.2) is 30.6 Å². The van der Waals surface area contributed by atoms with Crippen LogP contribution < -0.4 is 16.4 Å². The number of anilines is 3. The molecule has 3 rings (SSSR count). The van der Waals surface area contributed by atoms with Gasteiger partial charge in [0.25, 0.3) is 0 Å². The van der Waals surface area contributed by atoms with E-state index in [1.54, 1.807) is 6.33 Å². The zero-order chi connectivity index (χ0) is 19.4. The molecule has 0 unspecified atom stereocenters. The summed E-state index contributed by atoms with van der Waals surface area (Å²) in [7, 11) is 0. The van der Waals surface area contributed by atoms with Gasteiger partial charge in [-0.05, 0) is 31.9 Å². The Morgan fingerprint density at radius 2 is 2.00 bits per heavy atom. The molecule has 2 aromatic heterocycles. The highest BCUT2D eigenvalue weighted by atomic mass is 16.3. The number of aromatic nitrogens is 4. The van der Waals surface area contributed by atoms with E-state index in [1.807, 2.05) is 35.8 Å². The number of aliphatic hydroxyl groups excluding tert-OH is 1. The van der Waals surface area contributed by atoms with Crippen LogP contribution in [0.3, 0.4) is 0 Å². The molecule has 0 bridgehead atoms. The van der Waals surface area contributed by atoms with Crippen molar-refractivity contribution in [1.82, 2.24) is 19.5 Å². The Bertz CT molecular complexity index is 902. The molecule has 2 heterocycles. The number of rotatable bonds is 8. The number of benzene rings is 1. The van der Waals surface area contributed by atoms with Crippen molar-refractivity contribution in [1.29, 1.82) is 0 Å². The van der Waals surface area contributed by atoms with E-state index in [4.69, 9.17) is 5.73 Å². The minimum absolute atomic E-state index is 0.0185. The second kappa shape index (κ2) is 8.22. The molecule has 0 aliphatic carbocycles. The van der Waals surface area contributed by atoms with E-state index < -0.39 is 0 Å². The van der Waals surface area contributed by atoms with Gasteiger partial charge in [0.05, 0.1) is 19.0 Å². The molecule has 1 aromatic carbocycles. The van der Waals surface area contributed by atoms with E-state index in [0.29, 0.717) is 23.8 Å². The van der Waals surface area contributed by atoms with Gasteiger partial charge in [0, 0.05) is 18.3 Å². The Morgan fingerprint density at radius 1 is 1.22 bits per heavy atom. The highest BCUT2D eigenvalue weighted by molar-refractivity contribution is 5.84. The lowest BCUT2D eigenvalue weighted by Gasteiger charge is -2.16. The topological polar surface area (TPSA) is 114 Å². The molecule has 0 spiro atoms. The van der Waals surface area contributed by atoms with Gasteiger partial charge in [0.2, 0.25) is 5.95 Å². The van der Waals surface area contributed by atoms with Crippen molar-refractivity contribution in [2.75, 3.05) is 23.0 Å². The van der Waals surface area contributed by atoms with Gasteiger partial charge in [-0.1, -0.05) is 25.1 Å². The van der Waals surface area contributed by atoms with Crippen LogP contribution in [-0.4, -0.2) is 37.3 Å². The predicted octanol–water partition coefficient (Wildman–Crippen LogP) is 2.78. The SMILES string of the molecule is CC[C@H](CO)Nc1nc(NCc2ccccc2N)c2ncn(C(C)C)c2n1. The summed E-state index contributed by atoms with van der Waals surface area (Å²) >= 11 is 0. The third kappa shape index (κ3) is 4.11. The van der Waals surface area contributed by atoms with Gasteiger partial charge in [-0.25, -0.2) is 4.98 Å². The van der Waals surface area contributed by atoms with Crippen molar-refractivity contribution in [2.45, 2.75) is 45.8 Å². The summed E-state index contributed by atoms with van der Waals surface area (Å²) in [6, 6.07) is 7.83. The van der Waals surface area contributed by atoms with Gasteiger partial charge in [0.15, 0.2) is 17.0 Å². The summed E-state index contributed by atoms with van der Waals surface area (Å²) in [6.45, 7) is 6.71. The largest absolute Gasteiger partial charge is 0.398 e. The van der Waals surface area contributed by atoms with Gasteiger partial charge in [-0.15, -0.1) is 0 Å². The van der Waals surface area contributed by atoms with Gasteiger partial charge >= 0.3 is 0 Å². The number of nitrogens with one attached hydrogen (secondary N) is 2. The van der Waals surface area contributed by atoms with Crippen LogP contribution in [0, 0.1) is 0 Å². The van der Waals surface area contributed by atoms with E-state index in [0.717, 1.165) is 23.3 Å². The zero-order valence-electron chi connectivity index (χ0n) is 16.0. The van der Waals surface area contributed by atoms with E-state index in [9.17, 15) is 5.11 Å². The molecule has 3 aromatic rings. The zero-order valence-corrected chi connectivity index (χ0v) is 16.0. The first-order valence-corrected chi connectivity index (χ1v) is 9.22. The fraction of sp³-hybridized carbons (Fsp3) is 0.421. The lowest BCUT2D eigenvalue weighted by atomic mass is 10.2. The summed E-state index contributed by atoms with van der Waals surface area (Å²) in [6.07, 6.45) is 2.55. The van der Waals surface area contributed by atoms with Crippen molar-refractivity contribution in [3.8, 4) is 0 Å². The Morgan fingerprint density at radius 3 is 2.67 bits per heavy atom. The van der Waals surface area contributed by atoms with Crippen molar-refractivity contribution < 1.29 is 5.11 Å². The molecule has 0 aliphatic rings. The molecule has 144 valence electrons. The number of aliphatic hydroxyl groups is 1. The van der Waals surface area contributed by atoms with E-state index in [1.165, 1.54) is 0 Å². The summed E-state index contributed by atoms with van der Waals surface area (Å²) in [5.74, 6) is 1.10. The molecule has 0 aliphatic heterocycles. The molecule has 0 saturated heterocycles. The van der Waals surface area contributed by atoms with E-state index in [2.05, 4.69) is 39.4 Å². The molecule has 5 N–H and O–H groups in total. The van der Waals surface area contributed by atoms with Gasteiger partial charge in [-0.2, -0.15) is 9.97 Å². The minimum atomic E-state index is -0.101. The molecule has 27 heavy (non-hydrogen) atoms. The molecule has 1 atom stereocenters. The van der Waals surface area contributed by atoms with Crippen LogP contribution in [0.2, 0.25) is 0 Å². The van der Waals surface area contributed by atoms with Crippen LogP contribution in [0.25, 0.3) is 11.2 Å². The van der Waals surface area contributed by atoms with Crippen molar-refractivity contribution >= 4 is 28.6 Å². The molecule has 0 saturated carbocycles. The van der Waals surface area contributed by atoms with Gasteiger partial charge in [-0.3, -0.25) is 0 Å². The monoisotopic (exact) mass is 369 g/mol. The number of para-hydroxylation sites is 1. The second-order valence-electron chi connectivity index (χ2n) is 6.80. The third-order valence-corrected chi connectivity index (χ3v) is 4.53.